The number of nitrogens with one attached hydrogen (secondary N) is 2. The van der Waals surface area contributed by atoms with Crippen molar-refractivity contribution in [2.75, 3.05) is 0 Å². The molecule has 0 aliphatic heterocycles. The lowest BCUT2D eigenvalue weighted by Crippen LogP contribution is -2.63. The van der Waals surface area contributed by atoms with E-state index in [0.717, 1.165) is 16.7 Å². The van der Waals surface area contributed by atoms with Crippen molar-refractivity contribution in [2.24, 2.45) is 0 Å². The van der Waals surface area contributed by atoms with Crippen LogP contribution < -0.4 is 10.6 Å². The summed E-state index contributed by atoms with van der Waals surface area (Å²) in [7, 11) is 1.05. The second-order valence-corrected chi connectivity index (χ2v) is 8.43. The van der Waals surface area contributed by atoms with Crippen LogP contribution in [-0.2, 0) is 0 Å². The van der Waals surface area contributed by atoms with Crippen molar-refractivity contribution in [3.63, 3.8) is 0 Å². The van der Waals surface area contributed by atoms with Gasteiger partial charge in [-0.1, -0.05) is 71.9 Å². The Bertz CT molecular complexity index is 286. The van der Waals surface area contributed by atoms with Crippen LogP contribution in [-0.4, -0.2) is 28.0 Å². The van der Waals surface area contributed by atoms with Gasteiger partial charge in [0, 0.05) is 22.3 Å². The zero-order valence-corrected chi connectivity index (χ0v) is 18.9. The third-order valence-corrected chi connectivity index (χ3v) is 5.91. The number of hydrogen-bond donors (Lipinski definition) is 2. The van der Waals surface area contributed by atoms with E-state index in [1.807, 2.05) is 0 Å². The van der Waals surface area contributed by atoms with E-state index in [1.165, 1.54) is 63.0 Å². The maximum atomic E-state index is 4.42. The molecule has 0 saturated carbocycles. The Labute approximate surface area is 149 Å². The highest BCUT2D eigenvalue weighted by molar-refractivity contribution is 6.22. The molecule has 0 saturated heterocycles. The molecule has 0 radical (unpaired) electrons. The van der Waals surface area contributed by atoms with Gasteiger partial charge in [0.1, 0.15) is 0 Å². The summed E-state index contributed by atoms with van der Waals surface area (Å²) in [6.07, 6.45) is 12.5. The summed E-state index contributed by atoms with van der Waals surface area (Å²) in [4.78, 5) is 0. The molecule has 0 aromatic carbocycles. The van der Waals surface area contributed by atoms with Gasteiger partial charge in [-0.3, -0.25) is 10.6 Å². The highest BCUT2D eigenvalue weighted by atomic mass is 28.1. The maximum absolute atomic E-state index is 4.42. The Hall–Kier alpha value is -0.123. The van der Waals surface area contributed by atoms with Gasteiger partial charge in [0.15, 0.2) is 0 Å². The van der Waals surface area contributed by atoms with E-state index in [-0.39, 0.29) is 5.66 Å². The van der Waals surface area contributed by atoms with Crippen LogP contribution >= 0.6 is 0 Å². The van der Waals surface area contributed by atoms with Crippen molar-refractivity contribution in [2.45, 2.75) is 117 Å². The van der Waals surface area contributed by atoms with Gasteiger partial charge in [-0.25, -0.2) is 0 Å². The largest absolute Gasteiger partial charge is 0.293 e. The molecule has 3 heteroatoms. The Morgan fingerprint density at radius 3 is 1.57 bits per heavy atom. The first-order chi connectivity index (χ1) is 11.0. The molecule has 0 rings (SSSR count). The third-order valence-electron chi connectivity index (χ3n) is 5.05. The fraction of sp³-hybridized carbons (Fsp3) is 0.900. The summed E-state index contributed by atoms with van der Waals surface area (Å²) in [5.74, 6) is 0. The molecule has 0 amide bonds. The summed E-state index contributed by atoms with van der Waals surface area (Å²) in [5, 5.41) is 9.41. The quantitative estimate of drug-likeness (QED) is 0.339. The number of unbranched alkanes of at least 4 members (excludes halogenated alkanes) is 2. The Morgan fingerprint density at radius 2 is 1.30 bits per heavy atom. The van der Waals surface area contributed by atoms with Crippen LogP contribution in [0.3, 0.4) is 0 Å². The Kier molecular flexibility index (Phi) is 13.1. The van der Waals surface area contributed by atoms with Gasteiger partial charge in [-0.2, -0.15) is 0 Å². The molecule has 2 atom stereocenters. The molecule has 2 N–H and O–H groups in total. The molecule has 2 nitrogen and oxygen atoms in total. The predicted molar refractivity (Wildman–Crippen MR) is 110 cm³/mol. The minimum atomic E-state index is -0.0379. The first-order valence-electron chi connectivity index (χ1n) is 10.2. The fourth-order valence-electron chi connectivity index (χ4n) is 3.38. The van der Waals surface area contributed by atoms with Gasteiger partial charge >= 0.3 is 0 Å². The summed E-state index contributed by atoms with van der Waals surface area (Å²) in [5.41, 5.74) is -0.0379. The molecule has 0 aliphatic rings. The van der Waals surface area contributed by atoms with Crippen LogP contribution in [0.25, 0.3) is 0 Å². The zero-order valence-electron chi connectivity index (χ0n) is 16.9. The number of hydrogen-bond acceptors (Lipinski definition) is 2. The average molecular weight is 341 g/mol. The Morgan fingerprint density at radius 1 is 0.870 bits per heavy atom. The average Bonchev–Trinajstić information content (AvgIpc) is 2.54. The van der Waals surface area contributed by atoms with Crippen LogP contribution in [0.15, 0.2) is 11.8 Å². The molecule has 0 fully saturated rings. The first kappa shape index (κ1) is 22.9. The van der Waals surface area contributed by atoms with E-state index in [4.69, 9.17) is 0 Å². The van der Waals surface area contributed by atoms with Crippen LogP contribution in [0.5, 0.6) is 0 Å². The molecule has 23 heavy (non-hydrogen) atoms. The molecule has 0 bridgehead atoms. The first-order valence-corrected chi connectivity index (χ1v) is 11.2. The molecular weight excluding hydrogens is 296 g/mol. The van der Waals surface area contributed by atoms with Crippen LogP contribution in [0.4, 0.5) is 0 Å². The summed E-state index contributed by atoms with van der Waals surface area (Å²) < 4.78 is 0. The van der Waals surface area contributed by atoms with Gasteiger partial charge in [0.05, 0.1) is 5.66 Å². The van der Waals surface area contributed by atoms with Gasteiger partial charge in [0.25, 0.3) is 0 Å². The standard InChI is InChI=1S/C20H44N2Si/c1-7-12-14-18(10-4)21-20(16-9-3,17(6)23)22-19(11-5)15-13-8-2/h18-19,21-22H,6-16H2,1-5,23H3. The topological polar surface area (TPSA) is 24.1 Å². The minimum absolute atomic E-state index is 0.0379. The molecule has 0 heterocycles. The van der Waals surface area contributed by atoms with Crippen LogP contribution in [0, 0.1) is 0 Å². The summed E-state index contributed by atoms with van der Waals surface area (Å²) >= 11 is 0. The number of rotatable bonds is 15. The van der Waals surface area contributed by atoms with Gasteiger partial charge in [-0.15, -0.1) is 6.58 Å². The van der Waals surface area contributed by atoms with Crippen LogP contribution in [0.2, 0.25) is 0 Å². The normalized spacial score (nSPS) is 16.9. The Balaban J connectivity index is 5.15. The van der Waals surface area contributed by atoms with Crippen molar-refractivity contribution < 1.29 is 0 Å². The van der Waals surface area contributed by atoms with E-state index < -0.39 is 0 Å². The summed E-state index contributed by atoms with van der Waals surface area (Å²) in [6.45, 7) is 15.9. The maximum Gasteiger partial charge on any atom is 0.0864 e. The van der Waals surface area contributed by atoms with Gasteiger partial charge < -0.3 is 0 Å². The predicted octanol–water partition coefficient (Wildman–Crippen LogP) is 4.48. The monoisotopic (exact) mass is 340 g/mol. The van der Waals surface area contributed by atoms with E-state index in [1.54, 1.807) is 0 Å². The lowest BCUT2D eigenvalue weighted by atomic mass is 9.96. The van der Waals surface area contributed by atoms with Crippen molar-refractivity contribution >= 4 is 10.2 Å². The van der Waals surface area contributed by atoms with Crippen molar-refractivity contribution in [3.8, 4) is 0 Å². The molecule has 0 aromatic heterocycles. The van der Waals surface area contributed by atoms with E-state index >= 15 is 0 Å². The summed E-state index contributed by atoms with van der Waals surface area (Å²) in [6, 6.07) is 1.20. The molecule has 0 aliphatic carbocycles. The fourth-order valence-corrected chi connectivity index (χ4v) is 3.91. The van der Waals surface area contributed by atoms with E-state index in [9.17, 15) is 0 Å². The van der Waals surface area contributed by atoms with E-state index in [2.05, 4.69) is 51.8 Å². The van der Waals surface area contributed by atoms with Gasteiger partial charge in [-0.05, 0) is 32.1 Å². The highest BCUT2D eigenvalue weighted by Gasteiger charge is 2.33. The third kappa shape index (κ3) is 8.51. The highest BCUT2D eigenvalue weighted by Crippen LogP contribution is 2.22. The second kappa shape index (κ2) is 13.2. The molecule has 0 aromatic rings. The van der Waals surface area contributed by atoms with Crippen molar-refractivity contribution in [3.05, 3.63) is 11.8 Å². The van der Waals surface area contributed by atoms with Crippen molar-refractivity contribution in [1.29, 1.82) is 0 Å². The smallest absolute Gasteiger partial charge is 0.0864 e. The van der Waals surface area contributed by atoms with Crippen LogP contribution in [0.1, 0.15) is 98.8 Å². The van der Waals surface area contributed by atoms with E-state index in [0.29, 0.717) is 12.1 Å². The second-order valence-electron chi connectivity index (χ2n) is 7.22. The van der Waals surface area contributed by atoms with Crippen molar-refractivity contribution in [1.82, 2.24) is 10.6 Å². The molecule has 2 unspecified atom stereocenters. The molecular formula is C20H44N2Si. The SMILES string of the molecule is C=C([SiH3])C(CCC)(NC(CC)CCCC)NC(CC)CCCC. The lowest BCUT2D eigenvalue weighted by molar-refractivity contribution is 0.215. The zero-order chi connectivity index (χ0) is 17.7. The van der Waals surface area contributed by atoms with Gasteiger partial charge in [0.2, 0.25) is 0 Å². The molecule has 0 spiro atoms. The minimum Gasteiger partial charge on any atom is -0.293 e. The molecule has 138 valence electrons. The lowest BCUT2D eigenvalue weighted by Gasteiger charge is -2.43.